The summed E-state index contributed by atoms with van der Waals surface area (Å²) in [6.45, 7) is 0.348. The molecule has 0 unspecified atom stereocenters. The maximum absolute atomic E-state index is 11.3. The zero-order chi connectivity index (χ0) is 11.8. The number of ether oxygens (including phenoxy) is 1. The van der Waals surface area contributed by atoms with E-state index in [1.807, 2.05) is 6.07 Å². The van der Waals surface area contributed by atoms with E-state index in [0.29, 0.717) is 17.9 Å². The molecule has 0 spiro atoms. The number of amidine groups is 1. The molecule has 0 saturated carbocycles. The molecule has 0 saturated heterocycles. The Morgan fingerprint density at radius 3 is 2.94 bits per heavy atom. The van der Waals surface area contributed by atoms with Crippen LogP contribution in [0.25, 0.3) is 0 Å². The molecule has 1 aromatic rings. The predicted octanol–water partition coefficient (Wildman–Crippen LogP) is 0.209. The van der Waals surface area contributed by atoms with Gasteiger partial charge in [0.15, 0.2) is 0 Å². The number of methoxy groups -OCH3 is 1. The van der Waals surface area contributed by atoms with Crippen LogP contribution in [0, 0.1) is 0 Å². The van der Waals surface area contributed by atoms with Crippen LogP contribution >= 0.6 is 0 Å². The number of benzene rings is 1. The molecule has 1 aliphatic rings. The second kappa shape index (κ2) is 3.76. The summed E-state index contributed by atoms with van der Waals surface area (Å²) < 4.78 is 33.3. The maximum atomic E-state index is 11.3. The minimum atomic E-state index is -3.70. The van der Waals surface area contributed by atoms with Gasteiger partial charge >= 0.3 is 10.2 Å². The van der Waals surface area contributed by atoms with Gasteiger partial charge < -0.3 is 10.5 Å². The van der Waals surface area contributed by atoms with Gasteiger partial charge in [0.2, 0.25) is 0 Å². The summed E-state index contributed by atoms with van der Waals surface area (Å²) in [5, 5.41) is 0. The average Bonchev–Trinajstić information content (AvgIpc) is 2.15. The van der Waals surface area contributed by atoms with E-state index in [9.17, 15) is 8.42 Å². The molecular weight excluding hydrogens is 230 g/mol. The number of nitrogens with one attached hydrogen (secondary N) is 1. The summed E-state index contributed by atoms with van der Waals surface area (Å²) in [6, 6.07) is 5.17. The zero-order valence-electron chi connectivity index (χ0n) is 8.60. The molecule has 0 amide bonds. The SMILES string of the molecule is COCc1cccc2c1C(N)=NS(=O)(=O)N2. The van der Waals surface area contributed by atoms with Crippen LogP contribution in [-0.4, -0.2) is 21.4 Å². The van der Waals surface area contributed by atoms with Crippen molar-refractivity contribution in [2.75, 3.05) is 11.8 Å². The van der Waals surface area contributed by atoms with Crippen molar-refractivity contribution in [2.24, 2.45) is 10.1 Å². The highest BCUT2D eigenvalue weighted by molar-refractivity contribution is 7.91. The van der Waals surface area contributed by atoms with Crippen molar-refractivity contribution in [3.8, 4) is 0 Å². The van der Waals surface area contributed by atoms with Crippen molar-refractivity contribution < 1.29 is 13.2 Å². The van der Waals surface area contributed by atoms with Crippen molar-refractivity contribution in [3.05, 3.63) is 29.3 Å². The molecule has 0 radical (unpaired) electrons. The Balaban J connectivity index is 2.60. The number of nitrogens with two attached hydrogens (primary N) is 1. The lowest BCUT2D eigenvalue weighted by Crippen LogP contribution is -2.27. The average molecular weight is 241 g/mol. The Labute approximate surface area is 93.3 Å². The largest absolute Gasteiger partial charge is 0.382 e. The summed E-state index contributed by atoms with van der Waals surface area (Å²) in [5.74, 6) is -0.0126. The number of nitrogens with zero attached hydrogens (tertiary/aromatic N) is 1. The summed E-state index contributed by atoms with van der Waals surface area (Å²) >= 11 is 0. The lowest BCUT2D eigenvalue weighted by molar-refractivity contribution is 0.185. The predicted molar refractivity (Wildman–Crippen MR) is 60.4 cm³/mol. The molecular formula is C9H11N3O3S. The molecule has 1 heterocycles. The summed E-state index contributed by atoms with van der Waals surface area (Å²) in [5.41, 5.74) is 7.44. The van der Waals surface area contributed by atoms with Crippen molar-refractivity contribution in [1.82, 2.24) is 0 Å². The van der Waals surface area contributed by atoms with E-state index in [1.165, 1.54) is 0 Å². The number of hydrogen-bond donors (Lipinski definition) is 2. The number of hydrogen-bond acceptors (Lipinski definition) is 4. The molecule has 1 aromatic carbocycles. The Hall–Kier alpha value is -1.60. The van der Waals surface area contributed by atoms with Gasteiger partial charge in [-0.15, -0.1) is 4.40 Å². The molecule has 0 bridgehead atoms. The molecule has 6 nitrogen and oxygen atoms in total. The van der Waals surface area contributed by atoms with Crippen LogP contribution in [0.1, 0.15) is 11.1 Å². The lowest BCUT2D eigenvalue weighted by atomic mass is 10.1. The van der Waals surface area contributed by atoms with Crippen LogP contribution in [0.2, 0.25) is 0 Å². The molecule has 3 N–H and O–H groups in total. The molecule has 16 heavy (non-hydrogen) atoms. The molecule has 0 aromatic heterocycles. The quantitative estimate of drug-likeness (QED) is 0.773. The van der Waals surface area contributed by atoms with Gasteiger partial charge in [-0.3, -0.25) is 4.72 Å². The van der Waals surface area contributed by atoms with E-state index in [0.717, 1.165) is 5.56 Å². The minimum Gasteiger partial charge on any atom is -0.382 e. The first-order valence-electron chi connectivity index (χ1n) is 4.53. The fraction of sp³-hybridized carbons (Fsp3) is 0.222. The Morgan fingerprint density at radius 2 is 2.25 bits per heavy atom. The zero-order valence-corrected chi connectivity index (χ0v) is 9.41. The van der Waals surface area contributed by atoms with Crippen LogP contribution < -0.4 is 10.5 Å². The van der Waals surface area contributed by atoms with Crippen LogP contribution in [0.5, 0.6) is 0 Å². The Morgan fingerprint density at radius 1 is 1.50 bits per heavy atom. The first kappa shape index (κ1) is 10.9. The number of anilines is 1. The molecule has 0 aliphatic carbocycles. The van der Waals surface area contributed by atoms with Gasteiger partial charge in [0, 0.05) is 12.7 Å². The van der Waals surface area contributed by atoms with Gasteiger partial charge in [0.1, 0.15) is 5.84 Å². The van der Waals surface area contributed by atoms with Crippen LogP contribution in [-0.2, 0) is 21.6 Å². The van der Waals surface area contributed by atoms with Gasteiger partial charge in [-0.2, -0.15) is 8.42 Å². The maximum Gasteiger partial charge on any atom is 0.344 e. The highest BCUT2D eigenvalue weighted by Gasteiger charge is 2.22. The third-order valence-electron chi connectivity index (χ3n) is 2.16. The van der Waals surface area contributed by atoms with Crippen LogP contribution in [0.3, 0.4) is 0 Å². The normalized spacial score (nSPS) is 17.2. The molecule has 0 atom stereocenters. The highest BCUT2D eigenvalue weighted by atomic mass is 32.2. The second-order valence-corrected chi connectivity index (χ2v) is 4.66. The van der Waals surface area contributed by atoms with Crippen molar-refractivity contribution in [2.45, 2.75) is 6.61 Å². The fourth-order valence-electron chi connectivity index (χ4n) is 1.60. The van der Waals surface area contributed by atoms with E-state index >= 15 is 0 Å². The summed E-state index contributed by atoms with van der Waals surface area (Å²) in [7, 11) is -2.15. The van der Waals surface area contributed by atoms with E-state index in [-0.39, 0.29) is 5.84 Å². The summed E-state index contributed by atoms with van der Waals surface area (Å²) in [4.78, 5) is 0. The van der Waals surface area contributed by atoms with E-state index < -0.39 is 10.2 Å². The van der Waals surface area contributed by atoms with Gasteiger partial charge in [-0.25, -0.2) is 0 Å². The standard InChI is InChI=1S/C9H11N3O3S/c1-15-5-6-3-2-4-7-8(6)9(10)12-16(13,14)11-7/h2-4,11H,5H2,1H3,(H2,10,12). The van der Waals surface area contributed by atoms with E-state index in [1.54, 1.807) is 19.2 Å². The first-order chi connectivity index (χ1) is 7.53. The third-order valence-corrected chi connectivity index (χ3v) is 3.08. The topological polar surface area (TPSA) is 93.8 Å². The van der Waals surface area contributed by atoms with Crippen molar-refractivity contribution >= 4 is 21.7 Å². The van der Waals surface area contributed by atoms with Crippen molar-refractivity contribution in [1.29, 1.82) is 0 Å². The minimum absolute atomic E-state index is 0.0126. The monoisotopic (exact) mass is 241 g/mol. The number of fused-ring (bicyclic) bond motifs is 1. The Kier molecular flexibility index (Phi) is 2.56. The molecule has 2 rings (SSSR count). The molecule has 86 valence electrons. The first-order valence-corrected chi connectivity index (χ1v) is 5.97. The molecule has 1 aliphatic heterocycles. The fourth-order valence-corrected chi connectivity index (χ4v) is 2.44. The van der Waals surface area contributed by atoms with Gasteiger partial charge in [0.25, 0.3) is 0 Å². The Bertz CT molecular complexity index is 551. The van der Waals surface area contributed by atoms with Crippen LogP contribution in [0.15, 0.2) is 22.6 Å². The van der Waals surface area contributed by atoms with Crippen LogP contribution in [0.4, 0.5) is 5.69 Å². The third kappa shape index (κ3) is 1.86. The second-order valence-electron chi connectivity index (χ2n) is 3.33. The van der Waals surface area contributed by atoms with Gasteiger partial charge in [-0.05, 0) is 11.6 Å². The van der Waals surface area contributed by atoms with E-state index in [2.05, 4.69) is 9.12 Å². The van der Waals surface area contributed by atoms with Gasteiger partial charge in [0.05, 0.1) is 12.3 Å². The highest BCUT2D eigenvalue weighted by Crippen LogP contribution is 2.25. The smallest absolute Gasteiger partial charge is 0.344 e. The molecule has 0 fully saturated rings. The van der Waals surface area contributed by atoms with Gasteiger partial charge in [-0.1, -0.05) is 12.1 Å². The number of rotatable bonds is 2. The van der Waals surface area contributed by atoms with Crippen molar-refractivity contribution in [3.63, 3.8) is 0 Å². The lowest BCUT2D eigenvalue weighted by Gasteiger charge is -2.18. The molecule has 7 heteroatoms. The van der Waals surface area contributed by atoms with E-state index in [4.69, 9.17) is 10.5 Å². The summed E-state index contributed by atoms with van der Waals surface area (Å²) in [6.07, 6.45) is 0.